The summed E-state index contributed by atoms with van der Waals surface area (Å²) in [7, 11) is 4.54. The van der Waals surface area contributed by atoms with Crippen LogP contribution in [0.3, 0.4) is 0 Å². The van der Waals surface area contributed by atoms with Crippen molar-refractivity contribution in [3.8, 4) is 0 Å². The van der Waals surface area contributed by atoms with Crippen LogP contribution < -0.4 is 0 Å². The van der Waals surface area contributed by atoms with E-state index in [0.717, 1.165) is 18.8 Å². The molecule has 0 aromatic heterocycles. The Morgan fingerprint density at radius 3 is 1.65 bits per heavy atom. The Balaban J connectivity index is 1.88. The van der Waals surface area contributed by atoms with Gasteiger partial charge < -0.3 is 4.90 Å². The maximum atomic E-state index is 2.49. The Kier molecular flexibility index (Phi) is 5.17. The van der Waals surface area contributed by atoms with E-state index in [1.165, 1.54) is 36.8 Å². The normalized spacial score (nSPS) is 15.6. The molecule has 3 rings (SSSR count). The lowest BCUT2D eigenvalue weighted by molar-refractivity contribution is 0.0906. The topological polar surface area (TPSA) is 3.24 Å². The fraction of sp³-hybridized carbons (Fsp3) is 0.455. The molecule has 0 amide bonds. The number of benzene rings is 2. The van der Waals surface area contributed by atoms with Gasteiger partial charge in [0.15, 0.2) is 0 Å². The SMILES string of the molecule is CN(C)C(Cc1ccccc1)(Cc1ccccc1)CC1CCC1. The molecule has 1 aliphatic rings. The third-order valence-corrected chi connectivity index (χ3v) is 5.59. The van der Waals surface area contributed by atoms with Gasteiger partial charge in [0.1, 0.15) is 0 Å². The molecule has 2 aromatic carbocycles. The molecule has 0 aliphatic heterocycles. The highest BCUT2D eigenvalue weighted by Gasteiger charge is 2.37. The van der Waals surface area contributed by atoms with Gasteiger partial charge in [-0.2, -0.15) is 0 Å². The van der Waals surface area contributed by atoms with E-state index in [4.69, 9.17) is 0 Å². The Morgan fingerprint density at radius 2 is 1.30 bits per heavy atom. The van der Waals surface area contributed by atoms with Gasteiger partial charge in [-0.3, -0.25) is 0 Å². The lowest BCUT2D eigenvalue weighted by Crippen LogP contribution is -2.50. The van der Waals surface area contributed by atoms with Crippen LogP contribution in [0.25, 0.3) is 0 Å². The predicted octanol–water partition coefficient (Wildman–Crippen LogP) is 4.96. The minimum Gasteiger partial charge on any atom is -0.303 e. The molecule has 0 spiro atoms. The number of hydrogen-bond donors (Lipinski definition) is 0. The highest BCUT2D eigenvalue weighted by molar-refractivity contribution is 5.23. The molecule has 23 heavy (non-hydrogen) atoms. The van der Waals surface area contributed by atoms with Crippen LogP contribution in [-0.2, 0) is 12.8 Å². The van der Waals surface area contributed by atoms with Gasteiger partial charge in [-0.1, -0.05) is 79.9 Å². The van der Waals surface area contributed by atoms with Gasteiger partial charge in [-0.05, 0) is 50.4 Å². The zero-order valence-corrected chi connectivity index (χ0v) is 14.5. The van der Waals surface area contributed by atoms with Gasteiger partial charge >= 0.3 is 0 Å². The standard InChI is InChI=1S/C22H29N/c1-23(2)22(18-21-14-9-15-21,16-19-10-5-3-6-11-19)17-20-12-7-4-8-13-20/h3-8,10-13,21H,9,14-18H2,1-2H3. The molecule has 122 valence electrons. The van der Waals surface area contributed by atoms with Crippen LogP contribution in [0, 0.1) is 5.92 Å². The van der Waals surface area contributed by atoms with Gasteiger partial charge in [0, 0.05) is 5.54 Å². The molecule has 1 saturated carbocycles. The van der Waals surface area contributed by atoms with E-state index in [0.29, 0.717) is 0 Å². The maximum Gasteiger partial charge on any atom is 0.0286 e. The molecular weight excluding hydrogens is 278 g/mol. The first-order chi connectivity index (χ1) is 11.2. The van der Waals surface area contributed by atoms with E-state index in [1.807, 2.05) is 0 Å². The van der Waals surface area contributed by atoms with E-state index in [1.54, 1.807) is 0 Å². The molecule has 1 nitrogen and oxygen atoms in total. The van der Waals surface area contributed by atoms with Crippen LogP contribution >= 0.6 is 0 Å². The average molecular weight is 307 g/mol. The molecule has 1 fully saturated rings. The minimum atomic E-state index is 0.216. The summed E-state index contributed by atoms with van der Waals surface area (Å²) in [5.74, 6) is 0.907. The second-order valence-corrected chi connectivity index (χ2v) is 7.44. The van der Waals surface area contributed by atoms with Crippen LogP contribution in [-0.4, -0.2) is 24.5 Å². The molecule has 0 unspecified atom stereocenters. The summed E-state index contributed by atoms with van der Waals surface area (Å²) < 4.78 is 0. The van der Waals surface area contributed by atoms with E-state index in [-0.39, 0.29) is 5.54 Å². The van der Waals surface area contributed by atoms with Crippen molar-refractivity contribution in [1.29, 1.82) is 0 Å². The molecule has 0 radical (unpaired) electrons. The first kappa shape index (κ1) is 16.3. The largest absolute Gasteiger partial charge is 0.303 e. The molecule has 0 bridgehead atoms. The van der Waals surface area contributed by atoms with E-state index < -0.39 is 0 Å². The van der Waals surface area contributed by atoms with Crippen LogP contribution in [0.5, 0.6) is 0 Å². The fourth-order valence-corrected chi connectivity index (χ4v) is 3.89. The third kappa shape index (κ3) is 4.03. The van der Waals surface area contributed by atoms with Crippen molar-refractivity contribution in [1.82, 2.24) is 4.90 Å². The zero-order valence-electron chi connectivity index (χ0n) is 14.5. The summed E-state index contributed by atoms with van der Waals surface area (Å²) in [6.45, 7) is 0. The van der Waals surface area contributed by atoms with E-state index in [2.05, 4.69) is 79.7 Å². The molecule has 0 saturated heterocycles. The lowest BCUT2D eigenvalue weighted by atomic mass is 9.71. The van der Waals surface area contributed by atoms with Gasteiger partial charge in [0.05, 0.1) is 0 Å². The first-order valence-corrected chi connectivity index (χ1v) is 8.93. The molecule has 0 N–H and O–H groups in total. The van der Waals surface area contributed by atoms with Crippen molar-refractivity contribution < 1.29 is 0 Å². The van der Waals surface area contributed by atoms with Crippen molar-refractivity contribution in [3.05, 3.63) is 71.8 Å². The third-order valence-electron chi connectivity index (χ3n) is 5.59. The highest BCUT2D eigenvalue weighted by atomic mass is 15.1. The molecule has 0 heterocycles. The van der Waals surface area contributed by atoms with Crippen molar-refractivity contribution in [3.63, 3.8) is 0 Å². The number of hydrogen-bond acceptors (Lipinski definition) is 1. The summed E-state index contributed by atoms with van der Waals surface area (Å²) >= 11 is 0. The van der Waals surface area contributed by atoms with E-state index in [9.17, 15) is 0 Å². The molecule has 0 atom stereocenters. The van der Waals surface area contributed by atoms with Crippen molar-refractivity contribution in [2.24, 2.45) is 5.92 Å². The molecule has 2 aromatic rings. The second kappa shape index (κ2) is 7.31. The van der Waals surface area contributed by atoms with Gasteiger partial charge in [0.25, 0.3) is 0 Å². The summed E-state index contributed by atoms with van der Waals surface area (Å²) in [5.41, 5.74) is 3.13. The monoisotopic (exact) mass is 307 g/mol. The van der Waals surface area contributed by atoms with Gasteiger partial charge in [0.2, 0.25) is 0 Å². The minimum absolute atomic E-state index is 0.216. The summed E-state index contributed by atoms with van der Waals surface area (Å²) in [4.78, 5) is 2.49. The Bertz CT molecular complexity index is 542. The predicted molar refractivity (Wildman–Crippen MR) is 98.7 cm³/mol. The average Bonchev–Trinajstić information content (AvgIpc) is 2.52. The number of likely N-dealkylation sites (N-methyl/N-ethyl adjacent to an activating group) is 1. The number of rotatable bonds is 7. The number of nitrogens with zero attached hydrogens (tertiary/aromatic N) is 1. The highest BCUT2D eigenvalue weighted by Crippen LogP contribution is 2.39. The molecular formula is C22H29N. The Labute approximate surface area is 141 Å². The van der Waals surface area contributed by atoms with Crippen LogP contribution in [0.15, 0.2) is 60.7 Å². The first-order valence-electron chi connectivity index (χ1n) is 8.93. The fourth-order valence-electron chi connectivity index (χ4n) is 3.89. The van der Waals surface area contributed by atoms with Crippen molar-refractivity contribution in [2.45, 2.75) is 44.1 Å². The second-order valence-electron chi connectivity index (χ2n) is 7.44. The van der Waals surface area contributed by atoms with Gasteiger partial charge in [-0.15, -0.1) is 0 Å². The van der Waals surface area contributed by atoms with E-state index >= 15 is 0 Å². The summed E-state index contributed by atoms with van der Waals surface area (Å²) in [6, 6.07) is 22.0. The quantitative estimate of drug-likeness (QED) is 0.698. The zero-order chi connectivity index (χ0) is 16.1. The van der Waals surface area contributed by atoms with Crippen molar-refractivity contribution >= 4 is 0 Å². The van der Waals surface area contributed by atoms with Crippen LogP contribution in [0.1, 0.15) is 36.8 Å². The van der Waals surface area contributed by atoms with Crippen molar-refractivity contribution in [2.75, 3.05) is 14.1 Å². The van der Waals surface area contributed by atoms with Crippen LogP contribution in [0.2, 0.25) is 0 Å². The van der Waals surface area contributed by atoms with Gasteiger partial charge in [-0.25, -0.2) is 0 Å². The smallest absolute Gasteiger partial charge is 0.0286 e. The lowest BCUT2D eigenvalue weighted by Gasteiger charge is -2.45. The summed E-state index contributed by atoms with van der Waals surface area (Å²) in [5, 5.41) is 0. The van der Waals surface area contributed by atoms with Crippen LogP contribution in [0.4, 0.5) is 0 Å². The Hall–Kier alpha value is -1.60. The molecule has 1 aliphatic carbocycles. The Morgan fingerprint density at radius 1 is 0.826 bits per heavy atom. The summed E-state index contributed by atoms with van der Waals surface area (Å²) in [6.07, 6.45) is 7.82. The molecule has 1 heteroatoms. The maximum absolute atomic E-state index is 2.49.